The van der Waals surface area contributed by atoms with Gasteiger partial charge < -0.3 is 4.74 Å². The number of fused-ring (bicyclic) bond motifs is 3. The average molecular weight is 409 g/mol. The normalized spacial score (nSPS) is 12.6. The summed E-state index contributed by atoms with van der Waals surface area (Å²) in [5.74, 6) is -0.152. The number of rotatable bonds is 3. The fourth-order valence-electron chi connectivity index (χ4n) is 3.99. The minimum atomic E-state index is -1.06. The smallest absolute Gasteiger partial charge is 0.333 e. The Balaban J connectivity index is 2.12. The molecule has 0 aliphatic rings. The van der Waals surface area contributed by atoms with Crippen LogP contribution < -0.4 is 11.2 Å². The summed E-state index contributed by atoms with van der Waals surface area (Å²) in [5, 5.41) is 0. The predicted molar refractivity (Wildman–Crippen MR) is 112 cm³/mol. The minimum absolute atomic E-state index is 0.231. The zero-order chi connectivity index (χ0) is 21.9. The Kier molecular flexibility index (Phi) is 4.41. The van der Waals surface area contributed by atoms with Crippen LogP contribution in [0, 0.1) is 20.8 Å². The highest BCUT2D eigenvalue weighted by molar-refractivity contribution is 5.78. The largest absolute Gasteiger partial charge is 0.467 e. The van der Waals surface area contributed by atoms with E-state index in [4.69, 9.17) is 4.74 Å². The van der Waals surface area contributed by atoms with Crippen molar-refractivity contribution in [1.29, 1.82) is 0 Å². The van der Waals surface area contributed by atoms with Gasteiger partial charge in [0.05, 0.1) is 7.11 Å². The molecule has 9 heteroatoms. The van der Waals surface area contributed by atoms with E-state index in [0.717, 1.165) is 27.1 Å². The van der Waals surface area contributed by atoms with Crippen LogP contribution in [0.1, 0.15) is 29.8 Å². The molecule has 1 unspecified atom stereocenters. The van der Waals surface area contributed by atoms with E-state index in [1.165, 1.54) is 25.6 Å². The third kappa shape index (κ3) is 2.69. The summed E-state index contributed by atoms with van der Waals surface area (Å²) < 4.78 is 10.5. The summed E-state index contributed by atoms with van der Waals surface area (Å²) in [6.45, 7) is 7.43. The number of hydrogen-bond acceptors (Lipinski definition) is 5. The van der Waals surface area contributed by atoms with E-state index in [-0.39, 0.29) is 11.2 Å². The topological polar surface area (TPSA) is 92.5 Å². The summed E-state index contributed by atoms with van der Waals surface area (Å²) in [5.41, 5.74) is 3.29. The van der Waals surface area contributed by atoms with E-state index in [0.29, 0.717) is 5.78 Å². The van der Waals surface area contributed by atoms with Gasteiger partial charge in [-0.2, -0.15) is 4.98 Å². The molecule has 0 N–H and O–H groups in total. The molecule has 30 heavy (non-hydrogen) atoms. The monoisotopic (exact) mass is 409 g/mol. The van der Waals surface area contributed by atoms with Gasteiger partial charge in [0.15, 0.2) is 11.2 Å². The van der Waals surface area contributed by atoms with Gasteiger partial charge in [0.1, 0.15) is 6.04 Å². The van der Waals surface area contributed by atoms with Crippen LogP contribution in [-0.4, -0.2) is 36.2 Å². The molecule has 4 rings (SSSR count). The van der Waals surface area contributed by atoms with E-state index in [2.05, 4.69) is 11.1 Å². The highest BCUT2D eigenvalue weighted by atomic mass is 16.5. The maximum absolute atomic E-state index is 13.3. The summed E-state index contributed by atoms with van der Waals surface area (Å²) in [6.07, 6.45) is 1.81. The highest BCUT2D eigenvalue weighted by Crippen LogP contribution is 2.23. The van der Waals surface area contributed by atoms with Crippen molar-refractivity contribution in [2.75, 3.05) is 7.11 Å². The molecule has 0 radical (unpaired) electrons. The second kappa shape index (κ2) is 6.72. The molecule has 0 amide bonds. The van der Waals surface area contributed by atoms with Crippen molar-refractivity contribution in [3.05, 3.63) is 62.1 Å². The Bertz CT molecular complexity index is 1430. The predicted octanol–water partition coefficient (Wildman–Crippen LogP) is 1.80. The first-order chi connectivity index (χ1) is 14.1. The first kappa shape index (κ1) is 19.7. The summed E-state index contributed by atoms with van der Waals surface area (Å²) in [4.78, 5) is 42.7. The Morgan fingerprint density at radius 3 is 2.33 bits per heavy atom. The van der Waals surface area contributed by atoms with Gasteiger partial charge in [-0.1, -0.05) is 6.07 Å². The molecular formula is C21H23N5O4. The first-order valence-electron chi connectivity index (χ1n) is 9.53. The molecule has 4 aromatic rings. The van der Waals surface area contributed by atoms with E-state index in [1.54, 1.807) is 10.6 Å². The van der Waals surface area contributed by atoms with E-state index in [1.807, 2.05) is 37.5 Å². The molecule has 0 aliphatic heterocycles. The molecule has 9 nitrogen and oxygen atoms in total. The summed E-state index contributed by atoms with van der Waals surface area (Å²) >= 11 is 0. The van der Waals surface area contributed by atoms with Crippen molar-refractivity contribution in [2.45, 2.75) is 33.7 Å². The van der Waals surface area contributed by atoms with Crippen LogP contribution in [0.25, 0.3) is 22.6 Å². The average Bonchev–Trinajstić information content (AvgIpc) is 3.19. The number of hydrogen-bond donors (Lipinski definition) is 0. The molecule has 0 aliphatic carbocycles. The number of aryl methyl sites for hydroxylation is 4. The standard InChI is InChI=1S/C21H23N5O4/c1-11-7-12(2)9-15(8-11)25-13(3)10-24-16-17(22-20(24)25)23(5)21(29)26(18(16)27)14(4)19(28)30-6/h7-10,14H,1-6H3. The molecule has 3 heterocycles. The lowest BCUT2D eigenvalue weighted by molar-refractivity contribution is -0.144. The SMILES string of the molecule is COC(=O)C(C)n1c(=O)c2c(nc3n(-c4cc(C)cc(C)c4)c(C)cn23)n(C)c1=O. The summed E-state index contributed by atoms with van der Waals surface area (Å²) in [7, 11) is 2.75. The molecule has 1 aromatic carbocycles. The van der Waals surface area contributed by atoms with Crippen LogP contribution in [0.15, 0.2) is 34.0 Å². The maximum atomic E-state index is 13.3. The van der Waals surface area contributed by atoms with Crippen LogP contribution >= 0.6 is 0 Å². The molecular weight excluding hydrogens is 386 g/mol. The van der Waals surface area contributed by atoms with Crippen molar-refractivity contribution >= 4 is 22.9 Å². The van der Waals surface area contributed by atoms with Crippen molar-refractivity contribution in [3.63, 3.8) is 0 Å². The lowest BCUT2D eigenvalue weighted by Crippen LogP contribution is -2.43. The molecule has 0 spiro atoms. The molecule has 0 saturated heterocycles. The second-order valence-electron chi connectivity index (χ2n) is 7.62. The van der Waals surface area contributed by atoms with E-state index in [9.17, 15) is 14.4 Å². The quantitative estimate of drug-likeness (QED) is 0.481. The highest BCUT2D eigenvalue weighted by Gasteiger charge is 2.26. The molecule has 3 aromatic heterocycles. The number of nitrogens with zero attached hydrogens (tertiary/aromatic N) is 5. The van der Waals surface area contributed by atoms with Gasteiger partial charge in [-0.05, 0) is 51.0 Å². The first-order valence-corrected chi connectivity index (χ1v) is 9.53. The zero-order valence-corrected chi connectivity index (χ0v) is 17.8. The lowest BCUT2D eigenvalue weighted by atomic mass is 10.1. The molecule has 0 saturated carbocycles. The van der Waals surface area contributed by atoms with Gasteiger partial charge in [-0.25, -0.2) is 14.2 Å². The van der Waals surface area contributed by atoms with Crippen LogP contribution in [-0.2, 0) is 16.6 Å². The fraction of sp³-hybridized carbons (Fsp3) is 0.333. The number of methoxy groups -OCH3 is 1. The van der Waals surface area contributed by atoms with Crippen LogP contribution in [0.5, 0.6) is 0 Å². The van der Waals surface area contributed by atoms with Crippen LogP contribution in [0.2, 0.25) is 0 Å². The third-order valence-electron chi connectivity index (χ3n) is 5.37. The van der Waals surface area contributed by atoms with Gasteiger partial charge in [0.25, 0.3) is 5.56 Å². The number of aromatic nitrogens is 5. The fourth-order valence-corrected chi connectivity index (χ4v) is 3.99. The van der Waals surface area contributed by atoms with Gasteiger partial charge in [-0.3, -0.25) is 18.3 Å². The molecule has 1 atom stereocenters. The van der Waals surface area contributed by atoms with Gasteiger partial charge in [0, 0.05) is 24.6 Å². The van der Waals surface area contributed by atoms with E-state index < -0.39 is 23.3 Å². The van der Waals surface area contributed by atoms with Crippen molar-refractivity contribution < 1.29 is 9.53 Å². The van der Waals surface area contributed by atoms with Gasteiger partial charge in [-0.15, -0.1) is 0 Å². The third-order valence-corrected chi connectivity index (χ3v) is 5.37. The number of carbonyl (C=O) groups excluding carboxylic acids is 1. The van der Waals surface area contributed by atoms with E-state index >= 15 is 0 Å². The summed E-state index contributed by atoms with van der Waals surface area (Å²) in [6, 6.07) is 5.10. The minimum Gasteiger partial charge on any atom is -0.467 e. The number of esters is 1. The van der Waals surface area contributed by atoms with Gasteiger partial charge in [0.2, 0.25) is 5.78 Å². The van der Waals surface area contributed by atoms with Crippen LogP contribution in [0.3, 0.4) is 0 Å². The Hall–Kier alpha value is -3.62. The number of ether oxygens (including phenoxy) is 1. The zero-order valence-electron chi connectivity index (χ0n) is 17.8. The maximum Gasteiger partial charge on any atom is 0.333 e. The van der Waals surface area contributed by atoms with Gasteiger partial charge >= 0.3 is 11.7 Å². The number of carbonyl (C=O) groups is 1. The Morgan fingerprint density at radius 1 is 1.10 bits per heavy atom. The van der Waals surface area contributed by atoms with Crippen molar-refractivity contribution in [3.8, 4) is 5.69 Å². The number of imidazole rings is 2. The second-order valence-corrected chi connectivity index (χ2v) is 7.62. The Morgan fingerprint density at radius 2 is 1.73 bits per heavy atom. The molecule has 156 valence electrons. The number of benzene rings is 1. The van der Waals surface area contributed by atoms with Crippen molar-refractivity contribution in [1.82, 2.24) is 23.1 Å². The lowest BCUT2D eigenvalue weighted by Gasteiger charge is -2.13. The van der Waals surface area contributed by atoms with Crippen LogP contribution in [0.4, 0.5) is 0 Å². The Labute approximate surface area is 171 Å². The van der Waals surface area contributed by atoms with Crippen molar-refractivity contribution in [2.24, 2.45) is 7.05 Å². The molecule has 0 bridgehead atoms. The molecule has 0 fully saturated rings.